The lowest BCUT2D eigenvalue weighted by molar-refractivity contribution is -0.136. The highest BCUT2D eigenvalue weighted by Gasteiger charge is 2.35. The number of nitrogens with two attached hydrogens (primary N) is 1. The average Bonchev–Trinajstić information content (AvgIpc) is 2.40. The van der Waals surface area contributed by atoms with E-state index in [1.165, 1.54) is 0 Å². The maximum Gasteiger partial charge on any atom is 0.247 e. The van der Waals surface area contributed by atoms with Crippen molar-refractivity contribution in [3.8, 4) is 0 Å². The van der Waals surface area contributed by atoms with Gasteiger partial charge >= 0.3 is 0 Å². The molecule has 2 N–H and O–H groups in total. The Morgan fingerprint density at radius 3 is 2.32 bits per heavy atom. The van der Waals surface area contributed by atoms with Crippen LogP contribution in [0.2, 0.25) is 0 Å². The molecule has 0 aliphatic carbocycles. The van der Waals surface area contributed by atoms with Gasteiger partial charge in [-0.25, -0.2) is 0 Å². The lowest BCUT2D eigenvalue weighted by Crippen LogP contribution is -2.54. The molecular formula is C13H19ClN2O2S. The zero-order valence-corrected chi connectivity index (χ0v) is 12.5. The zero-order chi connectivity index (χ0) is 13.2. The molecule has 0 saturated carbocycles. The van der Waals surface area contributed by atoms with Crippen molar-refractivity contribution in [2.45, 2.75) is 12.5 Å². The highest BCUT2D eigenvalue weighted by molar-refractivity contribution is 7.85. The van der Waals surface area contributed by atoms with Gasteiger partial charge in [-0.15, -0.1) is 12.4 Å². The Morgan fingerprint density at radius 2 is 1.79 bits per heavy atom. The lowest BCUT2D eigenvalue weighted by atomic mass is 9.91. The molecule has 1 aromatic carbocycles. The van der Waals surface area contributed by atoms with Gasteiger partial charge < -0.3 is 10.6 Å². The van der Waals surface area contributed by atoms with Crippen LogP contribution in [0.25, 0.3) is 0 Å². The van der Waals surface area contributed by atoms with Gasteiger partial charge in [-0.2, -0.15) is 0 Å². The molecule has 2 rings (SSSR count). The van der Waals surface area contributed by atoms with Crippen molar-refractivity contribution in [1.29, 1.82) is 0 Å². The quantitative estimate of drug-likeness (QED) is 0.882. The van der Waals surface area contributed by atoms with Crippen LogP contribution in [0.1, 0.15) is 12.5 Å². The van der Waals surface area contributed by atoms with Gasteiger partial charge in [0.15, 0.2) is 0 Å². The standard InChI is InChI=1S/C13H18N2O2S.ClH/c1-13(14,11-5-3-2-4-6-11)12(16)15-7-9-18(17)10-8-15;/h2-6H,7-10,14H2,1H3;1H. The van der Waals surface area contributed by atoms with Crippen LogP contribution in [0.15, 0.2) is 30.3 Å². The van der Waals surface area contributed by atoms with Crippen molar-refractivity contribution in [1.82, 2.24) is 4.90 Å². The number of halogens is 1. The molecule has 0 bridgehead atoms. The van der Waals surface area contributed by atoms with Gasteiger partial charge in [0.2, 0.25) is 5.91 Å². The molecule has 106 valence electrons. The Bertz CT molecular complexity index is 455. The maximum atomic E-state index is 12.4. The van der Waals surface area contributed by atoms with E-state index in [4.69, 9.17) is 5.73 Å². The smallest absolute Gasteiger partial charge is 0.247 e. The number of hydrogen-bond acceptors (Lipinski definition) is 3. The molecule has 1 saturated heterocycles. The van der Waals surface area contributed by atoms with E-state index in [-0.39, 0.29) is 18.3 Å². The number of nitrogens with zero attached hydrogens (tertiary/aromatic N) is 1. The second-order valence-electron chi connectivity index (χ2n) is 4.71. The van der Waals surface area contributed by atoms with Crippen molar-refractivity contribution in [3.05, 3.63) is 35.9 Å². The van der Waals surface area contributed by atoms with Crippen LogP contribution in [0.4, 0.5) is 0 Å². The predicted octanol–water partition coefficient (Wildman–Crippen LogP) is 0.873. The molecular weight excluding hydrogens is 284 g/mol. The molecule has 1 amide bonds. The van der Waals surface area contributed by atoms with E-state index in [1.54, 1.807) is 11.8 Å². The van der Waals surface area contributed by atoms with Gasteiger partial charge in [0.25, 0.3) is 0 Å². The minimum absolute atomic E-state index is 0. The van der Waals surface area contributed by atoms with Crippen molar-refractivity contribution >= 4 is 29.1 Å². The summed E-state index contributed by atoms with van der Waals surface area (Å²) in [7, 11) is -0.783. The summed E-state index contributed by atoms with van der Waals surface area (Å²) < 4.78 is 11.3. The first-order chi connectivity index (χ1) is 8.51. The first-order valence-corrected chi connectivity index (χ1v) is 7.49. The molecule has 19 heavy (non-hydrogen) atoms. The third-order valence-electron chi connectivity index (χ3n) is 3.28. The minimum Gasteiger partial charge on any atom is -0.339 e. The highest BCUT2D eigenvalue weighted by atomic mass is 35.5. The maximum absolute atomic E-state index is 12.4. The van der Waals surface area contributed by atoms with Gasteiger partial charge in [-0.3, -0.25) is 9.00 Å². The van der Waals surface area contributed by atoms with Gasteiger partial charge in [0, 0.05) is 35.4 Å². The summed E-state index contributed by atoms with van der Waals surface area (Å²) in [6, 6.07) is 9.37. The van der Waals surface area contributed by atoms with E-state index >= 15 is 0 Å². The largest absolute Gasteiger partial charge is 0.339 e. The van der Waals surface area contributed by atoms with Gasteiger partial charge in [-0.1, -0.05) is 30.3 Å². The number of carbonyl (C=O) groups excluding carboxylic acids is 1. The van der Waals surface area contributed by atoms with E-state index in [9.17, 15) is 9.00 Å². The van der Waals surface area contributed by atoms with Crippen LogP contribution < -0.4 is 5.73 Å². The fourth-order valence-corrected chi connectivity index (χ4v) is 3.13. The van der Waals surface area contributed by atoms with Crippen LogP contribution in [0, 0.1) is 0 Å². The third kappa shape index (κ3) is 3.55. The monoisotopic (exact) mass is 302 g/mol. The Hall–Kier alpha value is -0.910. The van der Waals surface area contributed by atoms with Crippen LogP contribution >= 0.6 is 12.4 Å². The van der Waals surface area contributed by atoms with Gasteiger partial charge in [-0.05, 0) is 12.5 Å². The van der Waals surface area contributed by atoms with Gasteiger partial charge in [0.1, 0.15) is 5.54 Å². The topological polar surface area (TPSA) is 63.4 Å². The number of rotatable bonds is 2. The molecule has 1 fully saturated rings. The van der Waals surface area contributed by atoms with E-state index in [0.717, 1.165) is 5.56 Å². The van der Waals surface area contributed by atoms with Gasteiger partial charge in [0.05, 0.1) is 0 Å². The summed E-state index contributed by atoms with van der Waals surface area (Å²) in [6.07, 6.45) is 0. The summed E-state index contributed by atoms with van der Waals surface area (Å²) in [5.74, 6) is 1.01. The first-order valence-electron chi connectivity index (χ1n) is 6.00. The second kappa shape index (κ2) is 6.50. The molecule has 0 aromatic heterocycles. The highest BCUT2D eigenvalue weighted by Crippen LogP contribution is 2.21. The summed E-state index contributed by atoms with van der Waals surface area (Å²) in [6.45, 7) is 2.80. The fraction of sp³-hybridized carbons (Fsp3) is 0.462. The third-order valence-corrected chi connectivity index (χ3v) is 4.56. The molecule has 0 radical (unpaired) electrons. The zero-order valence-electron chi connectivity index (χ0n) is 10.9. The van der Waals surface area contributed by atoms with Crippen LogP contribution in [0.3, 0.4) is 0 Å². The molecule has 1 atom stereocenters. The molecule has 1 aliphatic rings. The summed E-state index contributed by atoms with van der Waals surface area (Å²) in [5.41, 5.74) is 5.97. The molecule has 0 spiro atoms. The molecule has 1 unspecified atom stereocenters. The van der Waals surface area contributed by atoms with Crippen LogP contribution in [-0.4, -0.2) is 39.6 Å². The van der Waals surface area contributed by atoms with E-state index < -0.39 is 16.3 Å². The number of carbonyl (C=O) groups is 1. The summed E-state index contributed by atoms with van der Waals surface area (Å²) in [4.78, 5) is 14.1. The Morgan fingerprint density at radius 1 is 1.26 bits per heavy atom. The van der Waals surface area contributed by atoms with Crippen LogP contribution in [0.5, 0.6) is 0 Å². The van der Waals surface area contributed by atoms with Crippen molar-refractivity contribution < 1.29 is 9.00 Å². The number of amides is 1. The molecule has 1 aromatic rings. The van der Waals surface area contributed by atoms with Crippen LogP contribution in [-0.2, 0) is 21.1 Å². The molecule has 4 nitrogen and oxygen atoms in total. The Labute approximate surface area is 122 Å². The van der Waals surface area contributed by atoms with Crippen molar-refractivity contribution in [2.75, 3.05) is 24.6 Å². The Balaban J connectivity index is 0.00000180. The first kappa shape index (κ1) is 16.1. The second-order valence-corrected chi connectivity index (χ2v) is 6.40. The minimum atomic E-state index is -1.01. The normalized spacial score (nSPS) is 19.4. The van der Waals surface area contributed by atoms with E-state index in [2.05, 4.69) is 0 Å². The lowest BCUT2D eigenvalue weighted by Gasteiger charge is -2.34. The average molecular weight is 303 g/mol. The summed E-state index contributed by atoms with van der Waals surface area (Å²) >= 11 is 0. The fourth-order valence-electron chi connectivity index (χ4n) is 2.08. The number of hydrogen-bond donors (Lipinski definition) is 1. The molecule has 6 heteroatoms. The summed E-state index contributed by atoms with van der Waals surface area (Å²) in [5, 5.41) is 0. The molecule has 1 aliphatic heterocycles. The SMILES string of the molecule is CC(N)(C(=O)N1CCS(=O)CC1)c1ccccc1.Cl. The molecule has 1 heterocycles. The van der Waals surface area contributed by atoms with E-state index in [0.29, 0.717) is 24.6 Å². The van der Waals surface area contributed by atoms with Crippen molar-refractivity contribution in [3.63, 3.8) is 0 Å². The predicted molar refractivity (Wildman–Crippen MR) is 79.7 cm³/mol. The Kier molecular flexibility index (Phi) is 5.52. The van der Waals surface area contributed by atoms with Crippen molar-refractivity contribution in [2.24, 2.45) is 5.73 Å². The number of benzene rings is 1. The van der Waals surface area contributed by atoms with E-state index in [1.807, 2.05) is 30.3 Å².